The first-order valence-corrected chi connectivity index (χ1v) is 10.5. The van der Waals surface area contributed by atoms with Gasteiger partial charge in [-0.2, -0.15) is 5.10 Å². The molecule has 0 unspecified atom stereocenters. The fourth-order valence-corrected chi connectivity index (χ4v) is 4.30. The summed E-state index contributed by atoms with van der Waals surface area (Å²) in [6.45, 7) is 0. The lowest BCUT2D eigenvalue weighted by Gasteiger charge is -2.14. The lowest BCUT2D eigenvalue weighted by atomic mass is 10.1. The topological polar surface area (TPSA) is 117 Å². The first-order valence-electron chi connectivity index (χ1n) is 8.65. The van der Waals surface area contributed by atoms with Gasteiger partial charge in [-0.25, -0.2) is 13.1 Å². The lowest BCUT2D eigenvalue weighted by Crippen LogP contribution is -2.13. The summed E-state index contributed by atoms with van der Waals surface area (Å²) < 4.78 is 29.5. The number of hydrogen-bond acceptors (Lipinski definition) is 6. The Kier molecular flexibility index (Phi) is 5.06. The number of halogens is 1. The largest absolute Gasteiger partial charge is 0.507 e. The van der Waals surface area contributed by atoms with Gasteiger partial charge in [-0.15, -0.1) is 0 Å². The molecule has 0 bridgehead atoms. The average molecular weight is 443 g/mol. The van der Waals surface area contributed by atoms with Gasteiger partial charge < -0.3 is 10.2 Å². The minimum atomic E-state index is -4.17. The highest BCUT2D eigenvalue weighted by Crippen LogP contribution is 2.38. The summed E-state index contributed by atoms with van der Waals surface area (Å²) in [6, 6.07) is 13.8. The number of phenolic OH excluding ortho intramolecular Hbond substituents is 2. The Bertz CT molecular complexity index is 1320. The molecule has 0 saturated heterocycles. The van der Waals surface area contributed by atoms with Crippen molar-refractivity contribution in [2.75, 3.05) is 4.72 Å². The molecule has 0 aliphatic carbocycles. The molecule has 0 aliphatic heterocycles. The van der Waals surface area contributed by atoms with Crippen LogP contribution in [0, 0.1) is 0 Å². The van der Waals surface area contributed by atoms with E-state index in [1.807, 2.05) is 0 Å². The zero-order valence-electron chi connectivity index (χ0n) is 15.3. The Morgan fingerprint density at radius 2 is 1.77 bits per heavy atom. The molecule has 0 amide bonds. The molecule has 4 rings (SSSR count). The molecule has 0 radical (unpaired) electrons. The predicted octanol–water partition coefficient (Wildman–Crippen LogP) is 3.80. The quantitative estimate of drug-likeness (QED) is 0.432. The number of phenols is 2. The van der Waals surface area contributed by atoms with Gasteiger partial charge >= 0.3 is 0 Å². The monoisotopic (exact) mass is 442 g/mol. The minimum Gasteiger partial charge on any atom is -0.507 e. The summed E-state index contributed by atoms with van der Waals surface area (Å²) in [5, 5.41) is 25.3. The lowest BCUT2D eigenvalue weighted by molar-refractivity contribution is 0.440. The molecule has 8 nitrogen and oxygen atoms in total. The highest BCUT2D eigenvalue weighted by atomic mass is 35.5. The van der Waals surface area contributed by atoms with E-state index >= 15 is 0 Å². The second-order valence-electron chi connectivity index (χ2n) is 6.26. The van der Waals surface area contributed by atoms with Crippen LogP contribution in [0.5, 0.6) is 11.5 Å². The van der Waals surface area contributed by atoms with Crippen molar-refractivity contribution in [3.63, 3.8) is 0 Å². The minimum absolute atomic E-state index is 0.150. The summed E-state index contributed by atoms with van der Waals surface area (Å²) in [4.78, 5) is 3.45. The first-order chi connectivity index (χ1) is 14.4. The van der Waals surface area contributed by atoms with Crippen LogP contribution in [-0.4, -0.2) is 33.4 Å². The Morgan fingerprint density at radius 3 is 2.50 bits per heavy atom. The first kappa shape index (κ1) is 19.7. The Hall–Kier alpha value is -3.56. The maximum absolute atomic E-state index is 12.8. The Labute approximate surface area is 177 Å². The van der Waals surface area contributed by atoms with Crippen LogP contribution < -0.4 is 4.72 Å². The molecule has 30 heavy (non-hydrogen) atoms. The number of aromatic hydroxyl groups is 2. The van der Waals surface area contributed by atoms with E-state index in [0.29, 0.717) is 16.4 Å². The van der Waals surface area contributed by atoms with Gasteiger partial charge in [0.15, 0.2) is 0 Å². The molecule has 2 aromatic heterocycles. The van der Waals surface area contributed by atoms with Crippen molar-refractivity contribution in [2.45, 2.75) is 4.90 Å². The van der Waals surface area contributed by atoms with Gasteiger partial charge in [0.2, 0.25) is 0 Å². The molecule has 10 heteroatoms. The zero-order valence-corrected chi connectivity index (χ0v) is 16.8. The van der Waals surface area contributed by atoms with Crippen LogP contribution in [0.15, 0.2) is 78.1 Å². The Balaban J connectivity index is 1.83. The number of nitrogens with one attached hydrogen (secondary N) is 1. The van der Waals surface area contributed by atoms with E-state index in [1.54, 1.807) is 36.4 Å². The number of pyridine rings is 1. The van der Waals surface area contributed by atoms with Gasteiger partial charge in [0.25, 0.3) is 10.0 Å². The van der Waals surface area contributed by atoms with Gasteiger partial charge in [0.05, 0.1) is 34.5 Å². The molecule has 0 saturated carbocycles. The van der Waals surface area contributed by atoms with Gasteiger partial charge in [-0.3, -0.25) is 9.71 Å². The smallest absolute Gasteiger partial charge is 0.265 e. The number of rotatable bonds is 5. The molecule has 0 atom stereocenters. The van der Waals surface area contributed by atoms with Crippen molar-refractivity contribution >= 4 is 27.3 Å². The SMILES string of the molecule is O=S(=O)(Nc1cccnc1)c1cc(-c2ccnn2-c2ccccc2Cl)c(O)cc1O. The molecule has 2 heterocycles. The van der Waals surface area contributed by atoms with Crippen LogP contribution in [-0.2, 0) is 10.0 Å². The van der Waals surface area contributed by atoms with E-state index in [2.05, 4.69) is 14.8 Å². The number of hydrogen-bond donors (Lipinski definition) is 3. The number of sulfonamides is 1. The molecule has 0 aliphatic rings. The fourth-order valence-electron chi connectivity index (χ4n) is 2.93. The highest BCUT2D eigenvalue weighted by Gasteiger charge is 2.24. The zero-order chi connectivity index (χ0) is 21.3. The van der Waals surface area contributed by atoms with E-state index in [-0.39, 0.29) is 17.0 Å². The van der Waals surface area contributed by atoms with Crippen molar-refractivity contribution < 1.29 is 18.6 Å². The molecule has 152 valence electrons. The third kappa shape index (κ3) is 3.68. The summed E-state index contributed by atoms with van der Waals surface area (Å²) in [5.41, 5.74) is 1.31. The molecule has 2 aromatic carbocycles. The third-order valence-corrected chi connectivity index (χ3v) is 6.01. The number of aromatic nitrogens is 3. The van der Waals surface area contributed by atoms with E-state index in [9.17, 15) is 18.6 Å². The van der Waals surface area contributed by atoms with Gasteiger partial charge in [-0.05, 0) is 36.4 Å². The molecule has 4 aromatic rings. The molecule has 0 fully saturated rings. The van der Waals surface area contributed by atoms with Crippen LogP contribution in [0.2, 0.25) is 5.02 Å². The van der Waals surface area contributed by atoms with Crippen molar-refractivity contribution in [1.82, 2.24) is 14.8 Å². The maximum Gasteiger partial charge on any atom is 0.265 e. The van der Waals surface area contributed by atoms with Crippen LogP contribution in [0.1, 0.15) is 0 Å². The van der Waals surface area contributed by atoms with Crippen molar-refractivity contribution in [3.05, 3.63) is 78.2 Å². The van der Waals surface area contributed by atoms with Crippen molar-refractivity contribution in [3.8, 4) is 28.4 Å². The third-order valence-electron chi connectivity index (χ3n) is 4.28. The van der Waals surface area contributed by atoms with Crippen molar-refractivity contribution in [1.29, 1.82) is 0 Å². The normalized spacial score (nSPS) is 11.4. The molecule has 3 N–H and O–H groups in total. The summed E-state index contributed by atoms with van der Waals surface area (Å²) >= 11 is 6.26. The molecular weight excluding hydrogens is 428 g/mol. The number of nitrogens with zero attached hydrogens (tertiary/aromatic N) is 3. The second-order valence-corrected chi connectivity index (χ2v) is 8.32. The van der Waals surface area contributed by atoms with Gasteiger partial charge in [0.1, 0.15) is 16.4 Å². The standard InChI is InChI=1S/C20H15ClN4O4S/c21-15-5-1-2-6-17(15)25-16(7-9-23-25)14-10-20(19(27)11-18(14)26)30(28,29)24-13-4-3-8-22-12-13/h1-12,24,26-27H. The second kappa shape index (κ2) is 7.69. The summed E-state index contributed by atoms with van der Waals surface area (Å²) in [6.07, 6.45) is 4.33. The number of benzene rings is 2. The van der Waals surface area contributed by atoms with E-state index in [1.165, 1.54) is 35.4 Å². The molecule has 0 spiro atoms. The highest BCUT2D eigenvalue weighted by molar-refractivity contribution is 7.92. The molecular formula is C20H15ClN4O4S. The summed E-state index contributed by atoms with van der Waals surface area (Å²) in [7, 11) is -4.17. The van der Waals surface area contributed by atoms with Gasteiger partial charge in [0, 0.05) is 17.8 Å². The van der Waals surface area contributed by atoms with E-state index < -0.39 is 20.7 Å². The summed E-state index contributed by atoms with van der Waals surface area (Å²) in [5.74, 6) is -0.918. The van der Waals surface area contributed by atoms with E-state index in [0.717, 1.165) is 6.07 Å². The van der Waals surface area contributed by atoms with E-state index in [4.69, 9.17) is 11.6 Å². The fraction of sp³-hybridized carbons (Fsp3) is 0. The van der Waals surface area contributed by atoms with Crippen LogP contribution >= 0.6 is 11.6 Å². The number of para-hydroxylation sites is 1. The van der Waals surface area contributed by atoms with Crippen LogP contribution in [0.25, 0.3) is 16.9 Å². The van der Waals surface area contributed by atoms with Crippen LogP contribution in [0.3, 0.4) is 0 Å². The van der Waals surface area contributed by atoms with Crippen LogP contribution in [0.4, 0.5) is 5.69 Å². The van der Waals surface area contributed by atoms with Crippen molar-refractivity contribution in [2.24, 2.45) is 0 Å². The predicted molar refractivity (Wildman–Crippen MR) is 112 cm³/mol. The maximum atomic E-state index is 12.8. The Morgan fingerprint density at radius 1 is 0.967 bits per heavy atom. The van der Waals surface area contributed by atoms with Gasteiger partial charge in [-0.1, -0.05) is 23.7 Å². The number of anilines is 1. The average Bonchev–Trinajstić information content (AvgIpc) is 3.18.